The topological polar surface area (TPSA) is 80.5 Å². The number of hydrogen-bond donors (Lipinski definition) is 2. The van der Waals surface area contributed by atoms with Crippen LogP contribution in [-0.4, -0.2) is 37.2 Å². The molecule has 6 nitrogen and oxygen atoms in total. The summed E-state index contributed by atoms with van der Waals surface area (Å²) in [6, 6.07) is 9.10. The van der Waals surface area contributed by atoms with E-state index in [0.717, 1.165) is 18.8 Å². The van der Waals surface area contributed by atoms with Gasteiger partial charge in [0.25, 0.3) is 5.91 Å². The molecule has 1 aromatic carbocycles. The number of amides is 1. The molecule has 2 aromatic rings. The Morgan fingerprint density at radius 1 is 1.27 bits per heavy atom. The van der Waals surface area contributed by atoms with Crippen LogP contribution in [0.15, 0.2) is 42.7 Å². The van der Waals surface area contributed by atoms with E-state index in [0.29, 0.717) is 30.2 Å². The number of ether oxygens (including phenoxy) is 1. The SMILES string of the molecule is Nc1ccc(N2CCOCC2)cc1NC(=O)c1cccnc1. The maximum Gasteiger partial charge on any atom is 0.257 e. The molecule has 0 saturated carbocycles. The number of benzene rings is 1. The highest BCUT2D eigenvalue weighted by atomic mass is 16.5. The van der Waals surface area contributed by atoms with Gasteiger partial charge in [-0.05, 0) is 30.3 Å². The zero-order valence-electron chi connectivity index (χ0n) is 12.2. The van der Waals surface area contributed by atoms with Crippen molar-refractivity contribution < 1.29 is 9.53 Å². The van der Waals surface area contributed by atoms with Crippen LogP contribution in [0.25, 0.3) is 0 Å². The van der Waals surface area contributed by atoms with Crippen LogP contribution in [0.4, 0.5) is 17.1 Å². The van der Waals surface area contributed by atoms with Crippen molar-refractivity contribution in [2.75, 3.05) is 42.3 Å². The highest BCUT2D eigenvalue weighted by Crippen LogP contribution is 2.26. The number of anilines is 3. The van der Waals surface area contributed by atoms with Crippen molar-refractivity contribution in [1.82, 2.24) is 4.98 Å². The van der Waals surface area contributed by atoms with Crippen LogP contribution < -0.4 is 16.0 Å². The summed E-state index contributed by atoms with van der Waals surface area (Å²) in [5.41, 5.74) is 8.64. The molecule has 114 valence electrons. The summed E-state index contributed by atoms with van der Waals surface area (Å²) in [4.78, 5) is 18.4. The predicted octanol–water partition coefficient (Wildman–Crippen LogP) is 1.75. The van der Waals surface area contributed by atoms with E-state index in [1.807, 2.05) is 18.2 Å². The van der Waals surface area contributed by atoms with Gasteiger partial charge in [0, 0.05) is 31.2 Å². The Morgan fingerprint density at radius 2 is 2.09 bits per heavy atom. The lowest BCUT2D eigenvalue weighted by Crippen LogP contribution is -2.36. The smallest absolute Gasteiger partial charge is 0.257 e. The summed E-state index contributed by atoms with van der Waals surface area (Å²) < 4.78 is 5.35. The second kappa shape index (κ2) is 6.44. The summed E-state index contributed by atoms with van der Waals surface area (Å²) in [6.07, 6.45) is 3.15. The molecule has 0 atom stereocenters. The second-order valence-electron chi connectivity index (χ2n) is 5.07. The molecular weight excluding hydrogens is 280 g/mol. The van der Waals surface area contributed by atoms with Gasteiger partial charge in [-0.1, -0.05) is 0 Å². The number of nitrogens with one attached hydrogen (secondary N) is 1. The lowest BCUT2D eigenvalue weighted by Gasteiger charge is -2.29. The Hall–Kier alpha value is -2.60. The van der Waals surface area contributed by atoms with Crippen molar-refractivity contribution in [2.45, 2.75) is 0 Å². The van der Waals surface area contributed by atoms with Gasteiger partial charge in [-0.3, -0.25) is 9.78 Å². The largest absolute Gasteiger partial charge is 0.397 e. The van der Waals surface area contributed by atoms with Gasteiger partial charge < -0.3 is 20.7 Å². The minimum absolute atomic E-state index is 0.223. The zero-order valence-corrected chi connectivity index (χ0v) is 12.2. The summed E-state index contributed by atoms with van der Waals surface area (Å²) in [5, 5.41) is 2.84. The number of pyridine rings is 1. The van der Waals surface area contributed by atoms with Crippen molar-refractivity contribution in [1.29, 1.82) is 0 Å². The van der Waals surface area contributed by atoms with Gasteiger partial charge in [0.2, 0.25) is 0 Å². The van der Waals surface area contributed by atoms with Crippen LogP contribution in [0.3, 0.4) is 0 Å². The first-order valence-corrected chi connectivity index (χ1v) is 7.17. The van der Waals surface area contributed by atoms with Gasteiger partial charge in [0.05, 0.1) is 30.2 Å². The maximum atomic E-state index is 12.2. The first-order valence-electron chi connectivity index (χ1n) is 7.17. The molecule has 3 rings (SSSR count). The fourth-order valence-electron chi connectivity index (χ4n) is 2.36. The Labute approximate surface area is 128 Å². The molecule has 1 aliphatic heterocycles. The Morgan fingerprint density at radius 3 is 2.82 bits per heavy atom. The van der Waals surface area contributed by atoms with Crippen LogP contribution in [0, 0.1) is 0 Å². The highest BCUT2D eigenvalue weighted by molar-refractivity contribution is 6.05. The summed E-state index contributed by atoms with van der Waals surface area (Å²) in [7, 11) is 0. The Balaban J connectivity index is 1.79. The van der Waals surface area contributed by atoms with Gasteiger partial charge in [0.15, 0.2) is 0 Å². The number of hydrogen-bond acceptors (Lipinski definition) is 5. The molecule has 0 radical (unpaired) electrons. The number of nitrogens with two attached hydrogens (primary N) is 1. The second-order valence-corrected chi connectivity index (χ2v) is 5.07. The van der Waals surface area contributed by atoms with Gasteiger partial charge >= 0.3 is 0 Å². The molecule has 1 fully saturated rings. The van der Waals surface area contributed by atoms with Crippen molar-refractivity contribution in [2.24, 2.45) is 0 Å². The Kier molecular flexibility index (Phi) is 4.20. The summed E-state index contributed by atoms with van der Waals surface area (Å²) in [5.74, 6) is -0.223. The van der Waals surface area contributed by atoms with E-state index in [-0.39, 0.29) is 5.91 Å². The summed E-state index contributed by atoms with van der Waals surface area (Å²) >= 11 is 0. The molecule has 22 heavy (non-hydrogen) atoms. The fourth-order valence-corrected chi connectivity index (χ4v) is 2.36. The van der Waals surface area contributed by atoms with E-state index >= 15 is 0 Å². The first kappa shape index (κ1) is 14.3. The van der Waals surface area contributed by atoms with E-state index in [4.69, 9.17) is 10.5 Å². The highest BCUT2D eigenvalue weighted by Gasteiger charge is 2.14. The van der Waals surface area contributed by atoms with E-state index in [1.54, 1.807) is 18.3 Å². The number of nitrogen functional groups attached to an aromatic ring is 1. The minimum atomic E-state index is -0.223. The van der Waals surface area contributed by atoms with E-state index < -0.39 is 0 Å². The molecule has 0 unspecified atom stereocenters. The minimum Gasteiger partial charge on any atom is -0.397 e. The molecule has 6 heteroatoms. The molecular formula is C16H18N4O2. The number of aromatic nitrogens is 1. The molecule has 3 N–H and O–H groups in total. The summed E-state index contributed by atoms with van der Waals surface area (Å²) in [6.45, 7) is 3.09. The van der Waals surface area contributed by atoms with Crippen molar-refractivity contribution in [3.63, 3.8) is 0 Å². The molecule has 2 heterocycles. The number of rotatable bonds is 3. The third-order valence-corrected chi connectivity index (χ3v) is 3.59. The average Bonchev–Trinajstić information content (AvgIpc) is 2.58. The lowest BCUT2D eigenvalue weighted by molar-refractivity contribution is 0.102. The van der Waals surface area contributed by atoms with Crippen molar-refractivity contribution >= 4 is 23.0 Å². The molecule has 0 spiro atoms. The van der Waals surface area contributed by atoms with Crippen LogP contribution in [-0.2, 0) is 4.74 Å². The molecule has 0 bridgehead atoms. The molecule has 1 aromatic heterocycles. The fraction of sp³-hybridized carbons (Fsp3) is 0.250. The van der Waals surface area contributed by atoms with Crippen LogP contribution in [0.5, 0.6) is 0 Å². The molecule has 0 aliphatic carbocycles. The Bertz CT molecular complexity index is 654. The lowest BCUT2D eigenvalue weighted by atomic mass is 10.2. The quantitative estimate of drug-likeness (QED) is 0.844. The van der Waals surface area contributed by atoms with Crippen molar-refractivity contribution in [3.05, 3.63) is 48.3 Å². The average molecular weight is 298 g/mol. The third-order valence-electron chi connectivity index (χ3n) is 3.59. The molecule has 1 aliphatic rings. The number of carbonyl (C=O) groups excluding carboxylic acids is 1. The van der Waals surface area contributed by atoms with Crippen LogP contribution in [0.2, 0.25) is 0 Å². The van der Waals surface area contributed by atoms with E-state index in [9.17, 15) is 4.79 Å². The monoisotopic (exact) mass is 298 g/mol. The third kappa shape index (κ3) is 3.17. The van der Waals surface area contributed by atoms with Gasteiger partial charge in [0.1, 0.15) is 0 Å². The zero-order chi connectivity index (χ0) is 15.4. The first-order chi connectivity index (χ1) is 10.7. The molecule has 1 amide bonds. The normalized spacial score (nSPS) is 14.6. The maximum absolute atomic E-state index is 12.2. The van der Waals surface area contributed by atoms with Gasteiger partial charge in [-0.25, -0.2) is 0 Å². The number of carbonyl (C=O) groups is 1. The number of morpholine rings is 1. The van der Waals surface area contributed by atoms with E-state index in [2.05, 4.69) is 15.2 Å². The number of nitrogens with zero attached hydrogens (tertiary/aromatic N) is 2. The van der Waals surface area contributed by atoms with Crippen LogP contribution in [0.1, 0.15) is 10.4 Å². The van der Waals surface area contributed by atoms with Gasteiger partial charge in [-0.2, -0.15) is 0 Å². The van der Waals surface area contributed by atoms with E-state index in [1.165, 1.54) is 6.20 Å². The standard InChI is InChI=1S/C16H18N4O2/c17-14-4-3-13(20-6-8-22-9-7-20)10-15(14)19-16(21)12-2-1-5-18-11-12/h1-5,10-11H,6-9,17H2,(H,19,21). The molecule has 1 saturated heterocycles. The van der Waals surface area contributed by atoms with Gasteiger partial charge in [-0.15, -0.1) is 0 Å². The van der Waals surface area contributed by atoms with Crippen molar-refractivity contribution in [3.8, 4) is 0 Å². The predicted molar refractivity (Wildman–Crippen MR) is 86.1 cm³/mol. The van der Waals surface area contributed by atoms with Crippen LogP contribution >= 0.6 is 0 Å².